The van der Waals surface area contributed by atoms with Crippen molar-refractivity contribution >= 4 is 22.6 Å². The number of hydrogen-bond acceptors (Lipinski definition) is 3. The molecule has 0 bridgehead atoms. The molecule has 0 atom stereocenters. The van der Waals surface area contributed by atoms with Gasteiger partial charge in [0.05, 0.1) is 11.6 Å². The molecule has 1 heterocycles. The number of rotatable bonds is 20. The van der Waals surface area contributed by atoms with Gasteiger partial charge in [-0.1, -0.05) is 121 Å². The third-order valence-corrected chi connectivity index (χ3v) is 8.80. The van der Waals surface area contributed by atoms with Gasteiger partial charge in [0, 0.05) is 40.9 Å². The largest absolute Gasteiger partial charge is 0.478 e. The van der Waals surface area contributed by atoms with Crippen molar-refractivity contribution < 1.29 is 19.3 Å². The highest BCUT2D eigenvalue weighted by molar-refractivity contribution is 6.07. The van der Waals surface area contributed by atoms with Crippen LogP contribution in [-0.4, -0.2) is 24.7 Å². The molecule has 0 spiro atoms. The first kappa shape index (κ1) is 33.3. The van der Waals surface area contributed by atoms with Crippen LogP contribution in [0.2, 0.25) is 0 Å². The fourth-order valence-corrected chi connectivity index (χ4v) is 6.24. The normalized spacial score (nSPS) is 11.9. The van der Waals surface area contributed by atoms with Crippen molar-refractivity contribution in [2.75, 3.05) is 18.9 Å². The maximum atomic E-state index is 12.1. The predicted molar refractivity (Wildman–Crippen MR) is 183 cm³/mol. The van der Waals surface area contributed by atoms with E-state index in [4.69, 9.17) is 4.42 Å². The summed E-state index contributed by atoms with van der Waals surface area (Å²) in [6.45, 7) is 3.21. The van der Waals surface area contributed by atoms with Crippen LogP contribution in [0.4, 0.5) is 5.69 Å². The van der Waals surface area contributed by atoms with Gasteiger partial charge in [-0.05, 0) is 36.2 Å². The van der Waals surface area contributed by atoms with E-state index in [1.54, 1.807) is 12.1 Å². The molecule has 2 aliphatic rings. The summed E-state index contributed by atoms with van der Waals surface area (Å²) in [5.74, 6) is -0.221. The number of unbranched alkanes of at least 4 members (excludes halogenated alkanes) is 15. The lowest BCUT2D eigenvalue weighted by Crippen LogP contribution is -2.71. The summed E-state index contributed by atoms with van der Waals surface area (Å²) in [5, 5.41) is 15.3. The van der Waals surface area contributed by atoms with Crippen LogP contribution in [0.3, 0.4) is 0 Å². The van der Waals surface area contributed by atoms with E-state index in [2.05, 4.69) is 23.3 Å². The van der Waals surface area contributed by atoms with E-state index >= 15 is 0 Å². The van der Waals surface area contributed by atoms with Gasteiger partial charge < -0.3 is 14.8 Å². The molecule has 3 N–H and O–H groups in total. The predicted octanol–water partition coefficient (Wildman–Crippen LogP) is 9.19. The Morgan fingerprint density at radius 1 is 0.727 bits per heavy atom. The Morgan fingerprint density at radius 3 is 1.95 bits per heavy atom. The molecule has 1 aliphatic carbocycles. The molecule has 5 heteroatoms. The van der Waals surface area contributed by atoms with Gasteiger partial charge in [-0.3, -0.25) is 0 Å². The summed E-state index contributed by atoms with van der Waals surface area (Å²) < 4.78 is 6.40. The summed E-state index contributed by atoms with van der Waals surface area (Å²) in [6.07, 6.45) is 21.9. The molecule has 0 amide bonds. The molecular formula is C39H53N2O3+. The molecular weight excluding hydrogens is 544 g/mol. The molecule has 0 aromatic heterocycles. The Kier molecular flexibility index (Phi) is 13.8. The molecule has 2 aromatic carbocycles. The van der Waals surface area contributed by atoms with E-state index in [-0.39, 0.29) is 5.56 Å². The zero-order chi connectivity index (χ0) is 31.0. The SMILES string of the molecule is CCCCCCCCCCCCCCCCCCNc1ccc2c(-c3ccccc3C(=O)O)c3ccc(=[NH+]C)cc-3oc2c1. The lowest BCUT2D eigenvalue weighted by Gasteiger charge is -2.17. The van der Waals surface area contributed by atoms with Crippen molar-refractivity contribution in [2.24, 2.45) is 0 Å². The minimum Gasteiger partial charge on any atom is -0.478 e. The molecule has 1 aliphatic heterocycles. The summed E-state index contributed by atoms with van der Waals surface area (Å²) in [7, 11) is 1.88. The minimum atomic E-state index is -0.938. The molecule has 0 fully saturated rings. The van der Waals surface area contributed by atoms with Crippen molar-refractivity contribution in [3.63, 3.8) is 0 Å². The van der Waals surface area contributed by atoms with Crippen LogP contribution in [0, 0.1) is 0 Å². The maximum absolute atomic E-state index is 12.1. The van der Waals surface area contributed by atoms with Crippen LogP contribution in [0.5, 0.6) is 0 Å². The second kappa shape index (κ2) is 18.3. The smallest absolute Gasteiger partial charge is 0.336 e. The molecule has 0 saturated heterocycles. The van der Waals surface area contributed by atoms with Crippen molar-refractivity contribution in [2.45, 2.75) is 110 Å². The zero-order valence-corrected chi connectivity index (χ0v) is 27.1. The quantitative estimate of drug-likeness (QED) is 0.0701. The molecule has 2 aromatic rings. The highest BCUT2D eigenvalue weighted by atomic mass is 16.4. The minimum absolute atomic E-state index is 0.282. The van der Waals surface area contributed by atoms with Crippen LogP contribution in [0.15, 0.2) is 65.1 Å². The molecule has 0 saturated carbocycles. The lowest BCUT2D eigenvalue weighted by atomic mass is 9.90. The molecule has 5 nitrogen and oxygen atoms in total. The first-order valence-electron chi connectivity index (χ1n) is 17.2. The van der Waals surface area contributed by atoms with E-state index in [0.29, 0.717) is 5.56 Å². The average Bonchev–Trinajstić information content (AvgIpc) is 3.04. The van der Waals surface area contributed by atoms with Gasteiger partial charge in [-0.15, -0.1) is 0 Å². The number of anilines is 1. The fourth-order valence-electron chi connectivity index (χ4n) is 6.24. The number of hydrogen-bond donors (Lipinski definition) is 3. The van der Waals surface area contributed by atoms with Crippen LogP contribution in [0.25, 0.3) is 33.4 Å². The van der Waals surface area contributed by atoms with Gasteiger partial charge in [-0.25, -0.2) is 9.79 Å². The highest BCUT2D eigenvalue weighted by Crippen LogP contribution is 2.41. The second-order valence-electron chi connectivity index (χ2n) is 12.2. The Hall–Kier alpha value is -3.60. The van der Waals surface area contributed by atoms with E-state index in [9.17, 15) is 9.90 Å². The van der Waals surface area contributed by atoms with E-state index < -0.39 is 5.97 Å². The molecule has 236 valence electrons. The second-order valence-corrected chi connectivity index (χ2v) is 12.2. The van der Waals surface area contributed by atoms with Crippen molar-refractivity contribution in [3.8, 4) is 22.5 Å². The molecule has 0 radical (unpaired) electrons. The number of aromatic carboxylic acids is 1. The zero-order valence-electron chi connectivity index (χ0n) is 27.1. The first-order chi connectivity index (χ1) is 21.6. The molecule has 4 rings (SSSR count). The van der Waals surface area contributed by atoms with Crippen LogP contribution >= 0.6 is 0 Å². The van der Waals surface area contributed by atoms with E-state index in [1.807, 2.05) is 49.5 Å². The van der Waals surface area contributed by atoms with Gasteiger partial charge in [0.25, 0.3) is 0 Å². The standard InChI is InChI=1S/C39H52N2O3/c1-3-4-5-6-7-8-9-10-11-12-13-14-15-16-17-20-27-41-31-24-26-35-37(29-31)44-36-28-30(40-2)23-25-34(36)38(35)32-21-18-19-22-33(32)39(42)43/h18-19,21-26,28-29,41H,3-17,20,27H2,1-2H3,(H,42,43)/p+1. The van der Waals surface area contributed by atoms with E-state index in [0.717, 1.165) is 51.9 Å². The van der Waals surface area contributed by atoms with Crippen LogP contribution in [0.1, 0.15) is 120 Å². The summed E-state index contributed by atoms with van der Waals surface area (Å²) in [6, 6.07) is 19.3. The van der Waals surface area contributed by atoms with Crippen LogP contribution < -0.4 is 15.7 Å². The Morgan fingerprint density at radius 2 is 1.34 bits per heavy atom. The highest BCUT2D eigenvalue weighted by Gasteiger charge is 2.21. The Bertz CT molecular complexity index is 1490. The summed E-state index contributed by atoms with van der Waals surface area (Å²) in [4.78, 5) is 15.3. The average molecular weight is 598 g/mol. The number of carbonyl (C=O) groups is 1. The van der Waals surface area contributed by atoms with Crippen molar-refractivity contribution in [1.82, 2.24) is 0 Å². The fraction of sp³-hybridized carbons (Fsp3) is 0.487. The first-order valence-corrected chi connectivity index (χ1v) is 17.2. The monoisotopic (exact) mass is 597 g/mol. The van der Waals surface area contributed by atoms with Gasteiger partial charge in [-0.2, -0.15) is 0 Å². The van der Waals surface area contributed by atoms with Gasteiger partial charge >= 0.3 is 5.97 Å². The third-order valence-electron chi connectivity index (χ3n) is 8.80. The van der Waals surface area contributed by atoms with Crippen LogP contribution in [-0.2, 0) is 0 Å². The third kappa shape index (κ3) is 9.70. The van der Waals surface area contributed by atoms with Crippen molar-refractivity contribution in [1.29, 1.82) is 0 Å². The Labute approximate surface area is 264 Å². The topological polar surface area (TPSA) is 76.4 Å². The number of carboxylic acids is 1. The number of fused-ring (bicyclic) bond motifs is 2. The van der Waals surface area contributed by atoms with Crippen molar-refractivity contribution in [3.05, 3.63) is 71.6 Å². The summed E-state index contributed by atoms with van der Waals surface area (Å²) in [5.41, 5.74) is 4.49. The number of benzene rings is 3. The number of carboxylic acid groups (broad SMARTS) is 1. The van der Waals surface area contributed by atoms with Gasteiger partial charge in [0.15, 0.2) is 0 Å². The van der Waals surface area contributed by atoms with Gasteiger partial charge in [0.1, 0.15) is 18.4 Å². The van der Waals surface area contributed by atoms with E-state index in [1.165, 1.54) is 96.3 Å². The van der Waals surface area contributed by atoms with Gasteiger partial charge in [0.2, 0.25) is 5.36 Å². The lowest BCUT2D eigenvalue weighted by molar-refractivity contribution is -0.465. The molecule has 0 unspecified atom stereocenters. The molecule has 44 heavy (non-hydrogen) atoms. The maximum Gasteiger partial charge on any atom is 0.336 e. The number of nitrogens with one attached hydrogen (secondary N) is 2. The Balaban J connectivity index is 1.25. The summed E-state index contributed by atoms with van der Waals surface area (Å²) >= 11 is 0.